The van der Waals surface area contributed by atoms with E-state index in [1.165, 1.54) is 18.2 Å². The van der Waals surface area contributed by atoms with Crippen LogP contribution in [0.3, 0.4) is 0 Å². The summed E-state index contributed by atoms with van der Waals surface area (Å²) in [6.45, 7) is 0. The molecule has 0 saturated heterocycles. The number of rotatable bonds is 5. The average molecular weight is 413 g/mol. The molecule has 2 aromatic carbocycles. The monoisotopic (exact) mass is 413 g/mol. The molecule has 0 aromatic heterocycles. The number of carboxylic acids is 1. The summed E-state index contributed by atoms with van der Waals surface area (Å²) in [7, 11) is 0. The van der Waals surface area contributed by atoms with E-state index < -0.39 is 64.6 Å². The van der Waals surface area contributed by atoms with Crippen molar-refractivity contribution in [1.29, 1.82) is 0 Å². The zero-order chi connectivity index (χ0) is 22.2. The van der Waals surface area contributed by atoms with Gasteiger partial charge < -0.3 is 25.8 Å². The number of nitrogens with two attached hydrogens (primary N) is 1. The number of phenolic OH excluding ortho intramolecular Hbond substituents is 2. The molecule has 0 fully saturated rings. The average Bonchev–Trinajstić information content (AvgIpc) is 2.69. The first-order chi connectivity index (χ1) is 14.1. The lowest BCUT2D eigenvalue weighted by Gasteiger charge is -2.19. The predicted octanol–water partition coefficient (Wildman–Crippen LogP) is 0.749. The molecule has 0 amide bonds. The fourth-order valence-corrected chi connectivity index (χ4v) is 3.02. The second-order valence-electron chi connectivity index (χ2n) is 6.52. The summed E-state index contributed by atoms with van der Waals surface area (Å²) < 4.78 is 4.58. The van der Waals surface area contributed by atoms with Crippen LogP contribution in [0, 0.1) is 0 Å². The molecule has 1 aliphatic carbocycles. The van der Waals surface area contributed by atoms with Gasteiger partial charge in [0.05, 0.1) is 16.7 Å². The van der Waals surface area contributed by atoms with Gasteiger partial charge in [-0.1, -0.05) is 12.1 Å². The van der Waals surface area contributed by atoms with Gasteiger partial charge in [-0.05, 0) is 24.6 Å². The van der Waals surface area contributed by atoms with Crippen molar-refractivity contribution in [2.24, 2.45) is 5.73 Å². The molecule has 10 nitrogen and oxygen atoms in total. The first kappa shape index (κ1) is 20.7. The van der Waals surface area contributed by atoms with E-state index in [0.717, 1.165) is 12.1 Å². The largest absolute Gasteiger partial charge is 0.507 e. The van der Waals surface area contributed by atoms with E-state index in [1.807, 2.05) is 0 Å². The fraction of sp³-hybridized carbons (Fsp3) is 0.150. The summed E-state index contributed by atoms with van der Waals surface area (Å²) in [6, 6.07) is 4.35. The standard InChI is InChI=1S/C20H15NO9/c21-11(4-5-14(24)25)20(29)30-19(28)8-6-10-16(13(23)7-8)18(27)15-9(17(10)26)2-1-3-12(15)22/h1-3,6-7,11,22-23H,4-5,21H2,(H,24,25). The van der Waals surface area contributed by atoms with Crippen molar-refractivity contribution in [1.82, 2.24) is 0 Å². The van der Waals surface area contributed by atoms with Crippen molar-refractivity contribution < 1.29 is 44.0 Å². The van der Waals surface area contributed by atoms with Crippen LogP contribution < -0.4 is 5.73 Å². The molecule has 1 atom stereocenters. The maximum atomic E-state index is 12.7. The van der Waals surface area contributed by atoms with Crippen molar-refractivity contribution in [2.45, 2.75) is 18.9 Å². The number of phenols is 2. The number of ketones is 2. The van der Waals surface area contributed by atoms with Crippen molar-refractivity contribution in [2.75, 3.05) is 0 Å². The zero-order valence-electron chi connectivity index (χ0n) is 15.2. The van der Waals surface area contributed by atoms with Crippen LogP contribution in [0.25, 0.3) is 0 Å². The summed E-state index contributed by atoms with van der Waals surface area (Å²) in [4.78, 5) is 60.1. The molecule has 0 aliphatic heterocycles. The second kappa shape index (κ2) is 7.76. The van der Waals surface area contributed by atoms with Crippen LogP contribution in [0.5, 0.6) is 11.5 Å². The lowest BCUT2D eigenvalue weighted by molar-refractivity contribution is -0.140. The van der Waals surface area contributed by atoms with E-state index in [1.54, 1.807) is 0 Å². The Hall–Kier alpha value is -4.05. The first-order valence-electron chi connectivity index (χ1n) is 8.63. The van der Waals surface area contributed by atoms with Gasteiger partial charge >= 0.3 is 17.9 Å². The zero-order valence-corrected chi connectivity index (χ0v) is 15.2. The van der Waals surface area contributed by atoms with Crippen LogP contribution in [0.15, 0.2) is 30.3 Å². The Balaban J connectivity index is 1.91. The molecule has 1 aliphatic rings. The van der Waals surface area contributed by atoms with Crippen LogP contribution in [-0.4, -0.2) is 50.8 Å². The molecule has 0 saturated carbocycles. The van der Waals surface area contributed by atoms with Gasteiger partial charge in [-0.25, -0.2) is 9.59 Å². The normalized spacial score (nSPS) is 13.2. The molecule has 3 rings (SSSR count). The number of carboxylic acid groups (broad SMARTS) is 1. The Morgan fingerprint density at radius 2 is 1.63 bits per heavy atom. The Labute approximate surface area is 168 Å². The fourth-order valence-electron chi connectivity index (χ4n) is 3.02. The minimum Gasteiger partial charge on any atom is -0.507 e. The topological polar surface area (TPSA) is 181 Å². The van der Waals surface area contributed by atoms with Gasteiger partial charge in [-0.2, -0.15) is 0 Å². The summed E-state index contributed by atoms with van der Waals surface area (Å²) >= 11 is 0. The van der Waals surface area contributed by atoms with Crippen molar-refractivity contribution >= 4 is 29.5 Å². The highest BCUT2D eigenvalue weighted by molar-refractivity contribution is 6.30. The SMILES string of the molecule is NC(CCC(=O)O)C(=O)OC(=O)c1cc(O)c2c(c1)C(=O)c1cccc(O)c1C2=O. The summed E-state index contributed by atoms with van der Waals surface area (Å²) in [5.41, 5.74) is 4.02. The molecule has 2 aromatic rings. The first-order valence-corrected chi connectivity index (χ1v) is 8.63. The third kappa shape index (κ3) is 3.63. The lowest BCUT2D eigenvalue weighted by atomic mass is 9.82. The molecular weight excluding hydrogens is 398 g/mol. The predicted molar refractivity (Wildman–Crippen MR) is 98.3 cm³/mol. The van der Waals surface area contributed by atoms with Crippen LogP contribution in [0.4, 0.5) is 0 Å². The number of benzene rings is 2. The number of carbonyl (C=O) groups excluding carboxylic acids is 4. The number of fused-ring (bicyclic) bond motifs is 2. The molecule has 154 valence electrons. The summed E-state index contributed by atoms with van der Waals surface area (Å²) in [5.74, 6) is -6.28. The number of carbonyl (C=O) groups is 5. The molecule has 30 heavy (non-hydrogen) atoms. The van der Waals surface area contributed by atoms with Crippen LogP contribution in [0.2, 0.25) is 0 Å². The lowest BCUT2D eigenvalue weighted by Crippen LogP contribution is -2.34. The number of aromatic hydroxyl groups is 2. The van der Waals surface area contributed by atoms with Crippen LogP contribution in [-0.2, 0) is 14.3 Å². The van der Waals surface area contributed by atoms with Gasteiger partial charge in [-0.15, -0.1) is 0 Å². The van der Waals surface area contributed by atoms with Gasteiger partial charge in [0, 0.05) is 17.5 Å². The quantitative estimate of drug-likeness (QED) is 0.344. The third-order valence-electron chi connectivity index (χ3n) is 4.50. The molecule has 0 spiro atoms. The molecule has 0 heterocycles. The molecule has 1 unspecified atom stereocenters. The smallest absolute Gasteiger partial charge is 0.345 e. The van der Waals surface area contributed by atoms with Gasteiger partial charge in [0.15, 0.2) is 5.78 Å². The Kier molecular flexibility index (Phi) is 5.35. The van der Waals surface area contributed by atoms with E-state index in [9.17, 15) is 34.2 Å². The highest BCUT2D eigenvalue weighted by Crippen LogP contribution is 2.37. The van der Waals surface area contributed by atoms with Gasteiger partial charge in [0.2, 0.25) is 5.78 Å². The van der Waals surface area contributed by atoms with Crippen LogP contribution >= 0.6 is 0 Å². The van der Waals surface area contributed by atoms with E-state index in [4.69, 9.17) is 10.8 Å². The minimum absolute atomic E-state index is 0.107. The Morgan fingerprint density at radius 3 is 2.30 bits per heavy atom. The molecule has 10 heteroatoms. The molecule has 0 radical (unpaired) electrons. The number of esters is 2. The van der Waals surface area contributed by atoms with Crippen molar-refractivity contribution in [3.63, 3.8) is 0 Å². The molecule has 5 N–H and O–H groups in total. The van der Waals surface area contributed by atoms with E-state index in [0.29, 0.717) is 0 Å². The molecular formula is C20H15NO9. The minimum atomic E-state index is -1.37. The number of aliphatic carboxylic acids is 1. The third-order valence-corrected chi connectivity index (χ3v) is 4.50. The second-order valence-corrected chi connectivity index (χ2v) is 6.52. The summed E-state index contributed by atoms with van der Waals surface area (Å²) in [5, 5.41) is 28.8. The Morgan fingerprint density at radius 1 is 0.967 bits per heavy atom. The molecule has 0 bridgehead atoms. The summed E-state index contributed by atoms with van der Waals surface area (Å²) in [6.07, 6.45) is -0.670. The van der Waals surface area contributed by atoms with E-state index >= 15 is 0 Å². The van der Waals surface area contributed by atoms with E-state index in [-0.39, 0.29) is 23.1 Å². The highest BCUT2D eigenvalue weighted by Gasteiger charge is 2.35. The number of ether oxygens (including phenoxy) is 1. The van der Waals surface area contributed by atoms with Crippen molar-refractivity contribution in [3.8, 4) is 11.5 Å². The van der Waals surface area contributed by atoms with Crippen LogP contribution in [0.1, 0.15) is 55.0 Å². The highest BCUT2D eigenvalue weighted by atomic mass is 16.6. The van der Waals surface area contributed by atoms with Gasteiger partial charge in [-0.3, -0.25) is 14.4 Å². The Bertz CT molecular complexity index is 1120. The number of hydrogen-bond acceptors (Lipinski definition) is 9. The van der Waals surface area contributed by atoms with E-state index in [2.05, 4.69) is 4.74 Å². The van der Waals surface area contributed by atoms with Gasteiger partial charge in [0.1, 0.15) is 17.5 Å². The maximum absolute atomic E-state index is 12.7. The van der Waals surface area contributed by atoms with Gasteiger partial charge in [0.25, 0.3) is 0 Å². The number of hydrogen-bond donors (Lipinski definition) is 4. The van der Waals surface area contributed by atoms with Crippen molar-refractivity contribution in [3.05, 3.63) is 58.1 Å². The maximum Gasteiger partial charge on any atom is 0.345 e.